The lowest BCUT2D eigenvalue weighted by Gasteiger charge is -2.07. The molecule has 2 atom stereocenters. The van der Waals surface area contributed by atoms with Crippen LogP contribution in [0.3, 0.4) is 0 Å². The molecule has 1 N–H and O–H groups in total. The largest absolute Gasteiger partial charge is 0.460 e. The number of hydrogen-bond donors (Lipinski definition) is 1. The van der Waals surface area contributed by atoms with Gasteiger partial charge in [-0.15, -0.1) is 0 Å². The molecule has 1 fully saturated rings. The molecule has 1 saturated heterocycles. The molecule has 5 heteroatoms. The fourth-order valence-electron chi connectivity index (χ4n) is 1.79. The summed E-state index contributed by atoms with van der Waals surface area (Å²) in [6.45, 7) is -0.137. The second-order valence-corrected chi connectivity index (χ2v) is 4.12. The van der Waals surface area contributed by atoms with E-state index in [2.05, 4.69) is 0 Å². The number of hydrogen-bond acceptors (Lipinski definition) is 5. The Morgan fingerprint density at radius 2 is 2.11 bits per heavy atom. The molecule has 0 spiro atoms. The van der Waals surface area contributed by atoms with Crippen LogP contribution >= 0.6 is 0 Å². The first-order valence-corrected chi connectivity index (χ1v) is 5.72. The number of esters is 2. The molecule has 0 saturated carbocycles. The fourth-order valence-corrected chi connectivity index (χ4v) is 1.79. The van der Waals surface area contributed by atoms with Crippen molar-refractivity contribution < 1.29 is 24.2 Å². The van der Waals surface area contributed by atoms with Crippen molar-refractivity contribution in [1.29, 1.82) is 0 Å². The molecule has 1 aliphatic heterocycles. The normalized spacial score (nSPS) is 22.6. The van der Waals surface area contributed by atoms with Crippen LogP contribution in [0.1, 0.15) is 12.0 Å². The van der Waals surface area contributed by atoms with Crippen LogP contribution in [0.2, 0.25) is 0 Å². The van der Waals surface area contributed by atoms with Crippen molar-refractivity contribution in [3.05, 3.63) is 35.9 Å². The van der Waals surface area contributed by atoms with E-state index in [4.69, 9.17) is 14.6 Å². The van der Waals surface area contributed by atoms with Gasteiger partial charge in [0.15, 0.2) is 5.92 Å². The Hall–Kier alpha value is -1.88. The van der Waals surface area contributed by atoms with Gasteiger partial charge in [-0.25, -0.2) is 0 Å². The zero-order chi connectivity index (χ0) is 13.0. The second-order valence-electron chi connectivity index (χ2n) is 4.12. The lowest BCUT2D eigenvalue weighted by Crippen LogP contribution is -2.21. The minimum Gasteiger partial charge on any atom is -0.460 e. The Kier molecular flexibility index (Phi) is 3.94. The number of aliphatic hydroxyl groups excluding tert-OH is 1. The molecule has 5 nitrogen and oxygen atoms in total. The molecule has 0 radical (unpaired) electrons. The summed E-state index contributed by atoms with van der Waals surface area (Å²) >= 11 is 0. The summed E-state index contributed by atoms with van der Waals surface area (Å²) < 4.78 is 9.86. The van der Waals surface area contributed by atoms with E-state index in [0.29, 0.717) is 0 Å². The summed E-state index contributed by atoms with van der Waals surface area (Å²) in [6.07, 6.45) is -0.407. The number of cyclic esters (lactones) is 1. The van der Waals surface area contributed by atoms with Crippen LogP contribution in [0.25, 0.3) is 0 Å². The maximum absolute atomic E-state index is 11.7. The SMILES string of the molecule is O=C(OCc1ccccc1)C1C[C@@H](CO)OC1=O. The van der Waals surface area contributed by atoms with Crippen LogP contribution in [0.5, 0.6) is 0 Å². The summed E-state index contributed by atoms with van der Waals surface area (Å²) in [5, 5.41) is 8.86. The van der Waals surface area contributed by atoms with E-state index in [9.17, 15) is 9.59 Å². The van der Waals surface area contributed by atoms with Gasteiger partial charge >= 0.3 is 11.9 Å². The quantitative estimate of drug-likeness (QED) is 0.627. The van der Waals surface area contributed by atoms with E-state index < -0.39 is 24.0 Å². The van der Waals surface area contributed by atoms with Gasteiger partial charge in [-0.05, 0) is 5.56 Å². The van der Waals surface area contributed by atoms with Crippen molar-refractivity contribution in [2.24, 2.45) is 5.92 Å². The van der Waals surface area contributed by atoms with Gasteiger partial charge in [-0.2, -0.15) is 0 Å². The first-order valence-electron chi connectivity index (χ1n) is 5.72. The van der Waals surface area contributed by atoms with Crippen molar-refractivity contribution >= 4 is 11.9 Å². The van der Waals surface area contributed by atoms with Crippen LogP contribution in [0.4, 0.5) is 0 Å². The van der Waals surface area contributed by atoms with Crippen LogP contribution in [-0.2, 0) is 25.7 Å². The van der Waals surface area contributed by atoms with Crippen molar-refractivity contribution in [3.8, 4) is 0 Å². The van der Waals surface area contributed by atoms with E-state index in [1.165, 1.54) is 0 Å². The predicted molar refractivity (Wildman–Crippen MR) is 61.3 cm³/mol. The van der Waals surface area contributed by atoms with E-state index in [1.807, 2.05) is 30.3 Å². The number of ether oxygens (including phenoxy) is 2. The third-order valence-electron chi connectivity index (χ3n) is 2.78. The minimum atomic E-state index is -0.911. The molecule has 1 aliphatic rings. The van der Waals surface area contributed by atoms with Gasteiger partial charge < -0.3 is 14.6 Å². The van der Waals surface area contributed by atoms with Crippen LogP contribution in [-0.4, -0.2) is 29.8 Å². The van der Waals surface area contributed by atoms with Gasteiger partial charge in [0.05, 0.1) is 6.61 Å². The first-order chi connectivity index (χ1) is 8.70. The van der Waals surface area contributed by atoms with E-state index in [-0.39, 0.29) is 19.6 Å². The molecule has 1 unspecified atom stereocenters. The molecule has 96 valence electrons. The standard InChI is InChI=1S/C13H14O5/c14-7-10-6-11(13(16)18-10)12(15)17-8-9-4-2-1-3-5-9/h1-5,10-11,14H,6-8H2/t10-,11?/m0/s1. The summed E-state index contributed by atoms with van der Waals surface area (Å²) in [5.41, 5.74) is 0.857. The van der Waals surface area contributed by atoms with Gasteiger partial charge in [0.1, 0.15) is 12.7 Å². The summed E-state index contributed by atoms with van der Waals surface area (Å²) in [5.74, 6) is -2.13. The highest BCUT2D eigenvalue weighted by Gasteiger charge is 2.40. The van der Waals surface area contributed by atoms with Crippen molar-refractivity contribution in [2.75, 3.05) is 6.61 Å². The molecule has 1 aromatic rings. The highest BCUT2D eigenvalue weighted by molar-refractivity contribution is 5.96. The Bertz CT molecular complexity index is 428. The van der Waals surface area contributed by atoms with E-state index in [0.717, 1.165) is 5.56 Å². The Balaban J connectivity index is 1.87. The smallest absolute Gasteiger partial charge is 0.320 e. The number of carbonyl (C=O) groups is 2. The molecule has 0 bridgehead atoms. The minimum absolute atomic E-state index is 0.132. The predicted octanol–water partition coefficient (Wildman–Crippen LogP) is 0.654. The highest BCUT2D eigenvalue weighted by atomic mass is 16.6. The average molecular weight is 250 g/mol. The van der Waals surface area contributed by atoms with Gasteiger partial charge in [-0.1, -0.05) is 30.3 Å². The Labute approximate surface area is 104 Å². The third-order valence-corrected chi connectivity index (χ3v) is 2.78. The van der Waals surface area contributed by atoms with Crippen molar-refractivity contribution in [2.45, 2.75) is 19.1 Å². The number of aliphatic hydroxyl groups is 1. The monoisotopic (exact) mass is 250 g/mol. The number of carbonyl (C=O) groups excluding carboxylic acids is 2. The molecule has 1 heterocycles. The second kappa shape index (κ2) is 5.64. The lowest BCUT2D eigenvalue weighted by molar-refractivity contribution is -0.157. The molecule has 0 aromatic heterocycles. The molecule has 18 heavy (non-hydrogen) atoms. The molecular formula is C13H14O5. The van der Waals surface area contributed by atoms with Crippen molar-refractivity contribution in [3.63, 3.8) is 0 Å². The van der Waals surface area contributed by atoms with Gasteiger partial charge in [0, 0.05) is 6.42 Å². The van der Waals surface area contributed by atoms with Crippen molar-refractivity contribution in [1.82, 2.24) is 0 Å². The molecular weight excluding hydrogens is 236 g/mol. The average Bonchev–Trinajstić information content (AvgIpc) is 2.78. The van der Waals surface area contributed by atoms with Crippen LogP contribution < -0.4 is 0 Å². The number of benzene rings is 1. The summed E-state index contributed by atoms with van der Waals surface area (Å²) in [6, 6.07) is 9.21. The van der Waals surface area contributed by atoms with Gasteiger partial charge in [0.2, 0.25) is 0 Å². The zero-order valence-electron chi connectivity index (χ0n) is 9.74. The topological polar surface area (TPSA) is 72.8 Å². The molecule has 0 aliphatic carbocycles. The Morgan fingerprint density at radius 1 is 1.39 bits per heavy atom. The Morgan fingerprint density at radius 3 is 2.72 bits per heavy atom. The van der Waals surface area contributed by atoms with Gasteiger partial charge in [-0.3, -0.25) is 9.59 Å². The summed E-state index contributed by atoms with van der Waals surface area (Å²) in [4.78, 5) is 23.0. The lowest BCUT2D eigenvalue weighted by atomic mass is 10.1. The molecule has 1 aromatic carbocycles. The van der Waals surface area contributed by atoms with E-state index in [1.54, 1.807) is 0 Å². The van der Waals surface area contributed by atoms with E-state index >= 15 is 0 Å². The highest BCUT2D eigenvalue weighted by Crippen LogP contribution is 2.22. The maximum Gasteiger partial charge on any atom is 0.320 e. The zero-order valence-corrected chi connectivity index (χ0v) is 9.74. The van der Waals surface area contributed by atoms with Crippen LogP contribution in [0.15, 0.2) is 30.3 Å². The number of rotatable bonds is 4. The third kappa shape index (κ3) is 2.87. The first kappa shape index (κ1) is 12.6. The van der Waals surface area contributed by atoms with Crippen LogP contribution in [0, 0.1) is 5.92 Å². The van der Waals surface area contributed by atoms with Gasteiger partial charge in [0.25, 0.3) is 0 Å². The molecule has 2 rings (SSSR count). The summed E-state index contributed by atoms with van der Waals surface area (Å²) in [7, 11) is 0. The maximum atomic E-state index is 11.7. The molecule has 0 amide bonds. The fraction of sp³-hybridized carbons (Fsp3) is 0.385.